The summed E-state index contributed by atoms with van der Waals surface area (Å²) in [4.78, 5) is 2.28. The molecule has 19 heavy (non-hydrogen) atoms. The van der Waals surface area contributed by atoms with Crippen molar-refractivity contribution < 1.29 is 4.48 Å². The minimum Gasteiger partial charge on any atom is -0.316 e. The molecule has 0 aromatic carbocycles. The lowest BCUT2D eigenvalue weighted by Crippen LogP contribution is -2.44. The molecule has 0 aliphatic rings. The fourth-order valence-electron chi connectivity index (χ4n) is 1.99. The molecule has 0 saturated heterocycles. The molecule has 0 rings (SSSR count). The summed E-state index contributed by atoms with van der Waals surface area (Å²) < 4.78 is 0.923. The van der Waals surface area contributed by atoms with Gasteiger partial charge in [0.25, 0.3) is 0 Å². The Bertz CT molecular complexity index is 295. The first-order valence-corrected chi connectivity index (χ1v) is 6.76. The molecule has 0 amide bonds. The minimum atomic E-state index is 0.891. The fraction of sp³-hybridized carbons (Fsp3) is 0.412. The lowest BCUT2D eigenvalue weighted by molar-refractivity contribution is -0.892. The van der Waals surface area contributed by atoms with E-state index in [1.807, 2.05) is 24.3 Å². The highest BCUT2D eigenvalue weighted by Crippen LogP contribution is 2.03. The van der Waals surface area contributed by atoms with Crippen LogP contribution in [0.2, 0.25) is 0 Å². The van der Waals surface area contributed by atoms with E-state index >= 15 is 0 Å². The smallest absolute Gasteiger partial charge is 0.0977 e. The Balaban J connectivity index is 4.29. The monoisotopic (exact) mass is 261 g/mol. The van der Waals surface area contributed by atoms with Gasteiger partial charge in [0.2, 0.25) is 0 Å². The average Bonchev–Trinajstić information content (AvgIpc) is 2.36. The topological polar surface area (TPSA) is 3.24 Å². The summed E-state index contributed by atoms with van der Waals surface area (Å²) >= 11 is 0. The van der Waals surface area contributed by atoms with Crippen LogP contribution in [0.25, 0.3) is 0 Å². The van der Waals surface area contributed by atoms with Gasteiger partial charge in [-0.1, -0.05) is 31.4 Å². The van der Waals surface area contributed by atoms with Crippen LogP contribution in [0, 0.1) is 0 Å². The van der Waals surface area contributed by atoms with Crippen LogP contribution in [-0.2, 0) is 0 Å². The highest BCUT2D eigenvalue weighted by atomic mass is 15.3. The summed E-state index contributed by atoms with van der Waals surface area (Å²) in [7, 11) is 2.22. The lowest BCUT2D eigenvalue weighted by atomic mass is 10.3. The highest BCUT2D eigenvalue weighted by molar-refractivity contribution is 4.90. The van der Waals surface area contributed by atoms with Crippen molar-refractivity contribution in [2.24, 2.45) is 0 Å². The van der Waals surface area contributed by atoms with Gasteiger partial charge >= 0.3 is 0 Å². The number of nitrogens with zero attached hydrogens (tertiary/aromatic N) is 2. The Hall–Kier alpha value is -1.38. The third kappa shape index (κ3) is 8.36. The van der Waals surface area contributed by atoms with Gasteiger partial charge in [-0.2, -0.15) is 0 Å². The van der Waals surface area contributed by atoms with Gasteiger partial charge in [0.1, 0.15) is 0 Å². The molecule has 0 heterocycles. The van der Waals surface area contributed by atoms with Crippen molar-refractivity contribution in [2.45, 2.75) is 0 Å². The summed E-state index contributed by atoms with van der Waals surface area (Å²) in [6.45, 7) is 20.8. The minimum absolute atomic E-state index is 0.891. The average molecular weight is 261 g/mol. The normalized spacial score (nSPS) is 11.7. The Labute approximate surface area is 119 Å². The largest absolute Gasteiger partial charge is 0.316 e. The van der Waals surface area contributed by atoms with Crippen molar-refractivity contribution in [1.29, 1.82) is 0 Å². The molecular weight excluding hydrogens is 232 g/mol. The number of likely N-dealkylation sites (N-methyl/N-ethyl adjacent to an activating group) is 1. The van der Waals surface area contributed by atoms with Gasteiger partial charge in [-0.3, -0.25) is 4.90 Å². The Kier molecular flexibility index (Phi) is 9.77. The van der Waals surface area contributed by atoms with Gasteiger partial charge in [0.05, 0.1) is 26.7 Å². The maximum atomic E-state index is 3.83. The molecule has 0 unspecified atom stereocenters. The van der Waals surface area contributed by atoms with Crippen LogP contribution in [0.1, 0.15) is 0 Å². The van der Waals surface area contributed by atoms with Crippen LogP contribution in [0.5, 0.6) is 0 Å². The summed E-state index contributed by atoms with van der Waals surface area (Å²) in [6, 6.07) is 0. The van der Waals surface area contributed by atoms with Gasteiger partial charge in [0.15, 0.2) is 0 Å². The molecule has 0 N–H and O–H groups in total. The Morgan fingerprint density at radius 3 is 1.68 bits per heavy atom. The van der Waals surface area contributed by atoms with E-state index < -0.39 is 0 Å². The van der Waals surface area contributed by atoms with Crippen LogP contribution in [-0.4, -0.2) is 55.7 Å². The molecular formula is C17H29N2+. The molecule has 0 saturated carbocycles. The van der Waals surface area contributed by atoms with Crippen molar-refractivity contribution in [1.82, 2.24) is 4.90 Å². The molecule has 106 valence electrons. The molecule has 0 spiro atoms. The fourth-order valence-corrected chi connectivity index (χ4v) is 1.99. The lowest BCUT2D eigenvalue weighted by Gasteiger charge is -2.31. The number of hydrogen-bond donors (Lipinski definition) is 0. The third-order valence-corrected chi connectivity index (χ3v) is 2.99. The van der Waals surface area contributed by atoms with Gasteiger partial charge in [-0.25, -0.2) is 0 Å². The van der Waals surface area contributed by atoms with E-state index in [2.05, 4.69) is 50.4 Å². The maximum Gasteiger partial charge on any atom is 0.0977 e. The molecule has 0 bridgehead atoms. The van der Waals surface area contributed by atoms with E-state index in [0.29, 0.717) is 0 Å². The van der Waals surface area contributed by atoms with Crippen molar-refractivity contribution in [3.05, 3.63) is 62.8 Å². The summed E-state index contributed by atoms with van der Waals surface area (Å²) in [5.74, 6) is 0. The van der Waals surface area contributed by atoms with Crippen LogP contribution >= 0.6 is 0 Å². The first kappa shape index (κ1) is 17.6. The summed E-state index contributed by atoms with van der Waals surface area (Å²) in [5.41, 5.74) is 0. The third-order valence-electron chi connectivity index (χ3n) is 2.99. The second-order valence-corrected chi connectivity index (χ2v) is 5.01. The van der Waals surface area contributed by atoms with Crippen LogP contribution in [0.15, 0.2) is 62.8 Å². The Morgan fingerprint density at radius 2 is 1.26 bits per heavy atom. The molecule has 0 aromatic heterocycles. The first-order chi connectivity index (χ1) is 9.11. The Morgan fingerprint density at radius 1 is 0.737 bits per heavy atom. The van der Waals surface area contributed by atoms with Gasteiger partial charge in [-0.15, -0.1) is 13.2 Å². The molecule has 0 atom stereocenters. The van der Waals surface area contributed by atoms with E-state index in [-0.39, 0.29) is 0 Å². The van der Waals surface area contributed by atoms with Crippen LogP contribution in [0.4, 0.5) is 0 Å². The van der Waals surface area contributed by atoms with Crippen LogP contribution < -0.4 is 0 Å². The zero-order valence-electron chi connectivity index (χ0n) is 12.4. The standard InChI is InChI=1S/C17H29N2/c1-6-12-18(13-7-2)14-10-11-17-19(5,15-8-3)16-9-4/h6-11H,1-4,12-17H2,5H3/q+1. The summed E-state index contributed by atoms with van der Waals surface area (Å²) in [6.07, 6.45) is 12.2. The zero-order valence-corrected chi connectivity index (χ0v) is 12.4. The second kappa shape index (κ2) is 10.5. The van der Waals surface area contributed by atoms with Gasteiger partial charge < -0.3 is 4.48 Å². The molecule has 0 fully saturated rings. The predicted octanol–water partition coefficient (Wildman–Crippen LogP) is 3.04. The van der Waals surface area contributed by atoms with Crippen molar-refractivity contribution >= 4 is 0 Å². The molecule has 2 nitrogen and oxygen atoms in total. The summed E-state index contributed by atoms with van der Waals surface area (Å²) in [5, 5.41) is 0. The molecule has 0 aromatic rings. The van der Waals surface area contributed by atoms with E-state index in [0.717, 1.165) is 43.8 Å². The number of rotatable bonds is 12. The van der Waals surface area contributed by atoms with E-state index in [9.17, 15) is 0 Å². The maximum absolute atomic E-state index is 3.83. The van der Waals surface area contributed by atoms with Crippen molar-refractivity contribution in [2.75, 3.05) is 46.3 Å². The molecule has 0 aliphatic heterocycles. The van der Waals surface area contributed by atoms with Crippen molar-refractivity contribution in [3.8, 4) is 0 Å². The molecule has 2 heteroatoms. The molecule has 0 radical (unpaired) electrons. The highest BCUT2D eigenvalue weighted by Gasteiger charge is 2.15. The zero-order chi connectivity index (χ0) is 14.6. The van der Waals surface area contributed by atoms with E-state index in [4.69, 9.17) is 0 Å². The first-order valence-electron chi connectivity index (χ1n) is 6.76. The SMILES string of the molecule is C=CCN(CC=C)CC=CC[N+](C)(CC=C)CC=C. The quantitative estimate of drug-likeness (QED) is 0.385. The van der Waals surface area contributed by atoms with Gasteiger partial charge in [0, 0.05) is 19.6 Å². The predicted molar refractivity (Wildman–Crippen MR) is 87.2 cm³/mol. The van der Waals surface area contributed by atoms with E-state index in [1.54, 1.807) is 0 Å². The van der Waals surface area contributed by atoms with Crippen molar-refractivity contribution in [3.63, 3.8) is 0 Å². The molecule has 0 aliphatic carbocycles. The number of hydrogen-bond acceptors (Lipinski definition) is 1. The van der Waals surface area contributed by atoms with Gasteiger partial charge in [-0.05, 0) is 18.2 Å². The van der Waals surface area contributed by atoms with Crippen LogP contribution in [0.3, 0.4) is 0 Å². The number of quaternary nitrogens is 1. The van der Waals surface area contributed by atoms with E-state index in [1.165, 1.54) is 0 Å². The second-order valence-electron chi connectivity index (χ2n) is 5.01.